The minimum absolute atomic E-state index is 0.130. The van der Waals surface area contributed by atoms with E-state index in [9.17, 15) is 9.59 Å². The monoisotopic (exact) mass is 328 g/mol. The Bertz CT molecular complexity index is 285. The second kappa shape index (κ2) is 16.1. The van der Waals surface area contributed by atoms with Crippen molar-refractivity contribution in [2.75, 3.05) is 39.3 Å². The number of rotatable bonds is 17. The highest BCUT2D eigenvalue weighted by molar-refractivity contribution is 5.79. The van der Waals surface area contributed by atoms with Gasteiger partial charge >= 0.3 is 0 Å². The third-order valence-corrected chi connectivity index (χ3v) is 3.93. The summed E-state index contributed by atoms with van der Waals surface area (Å²) in [5.74, 6) is 0.634. The molecule has 0 aromatic heterocycles. The van der Waals surface area contributed by atoms with E-state index < -0.39 is 0 Å². The molecule has 0 aliphatic carbocycles. The molecule has 0 fully saturated rings. The number of hydrogen-bond donors (Lipinski definition) is 2. The second-order valence-corrected chi connectivity index (χ2v) is 6.10. The van der Waals surface area contributed by atoms with Crippen LogP contribution in [-0.2, 0) is 9.59 Å². The molecule has 5 heteroatoms. The van der Waals surface area contributed by atoms with Gasteiger partial charge < -0.3 is 15.3 Å². The van der Waals surface area contributed by atoms with Crippen LogP contribution < -0.4 is 5.32 Å². The maximum Gasteiger partial charge on any atom is 0.134 e. The van der Waals surface area contributed by atoms with Crippen molar-refractivity contribution in [2.45, 2.75) is 65.2 Å². The fourth-order valence-corrected chi connectivity index (χ4v) is 2.34. The van der Waals surface area contributed by atoms with Gasteiger partial charge in [0.1, 0.15) is 11.6 Å². The van der Waals surface area contributed by atoms with Gasteiger partial charge in [-0.15, -0.1) is 0 Å². The molecule has 0 rings (SSSR count). The molecule has 0 aromatic rings. The number of ketones is 2. The summed E-state index contributed by atoms with van der Waals surface area (Å²) in [4.78, 5) is 25.8. The number of carbonyl (C=O) groups excluding carboxylic acids is 2. The van der Waals surface area contributed by atoms with Crippen LogP contribution >= 0.6 is 0 Å². The van der Waals surface area contributed by atoms with Crippen molar-refractivity contribution < 1.29 is 14.7 Å². The SMILES string of the molecule is CCCCC(=O)CCN(CCNCCO)CCC(=O)CCCC. The summed E-state index contributed by atoms with van der Waals surface area (Å²) in [5.41, 5.74) is 0. The topological polar surface area (TPSA) is 69.6 Å². The zero-order valence-corrected chi connectivity index (χ0v) is 15.1. The average Bonchev–Trinajstić information content (AvgIpc) is 2.56. The van der Waals surface area contributed by atoms with Crippen molar-refractivity contribution in [1.82, 2.24) is 10.2 Å². The van der Waals surface area contributed by atoms with Crippen LogP contribution in [0, 0.1) is 0 Å². The Balaban J connectivity index is 4.10. The second-order valence-electron chi connectivity index (χ2n) is 6.10. The molecule has 5 nitrogen and oxygen atoms in total. The lowest BCUT2D eigenvalue weighted by Gasteiger charge is -2.22. The lowest BCUT2D eigenvalue weighted by molar-refractivity contribution is -0.119. The van der Waals surface area contributed by atoms with Crippen molar-refractivity contribution in [3.8, 4) is 0 Å². The summed E-state index contributed by atoms with van der Waals surface area (Å²) in [7, 11) is 0. The Hall–Kier alpha value is -0.780. The standard InChI is InChI=1S/C18H36N2O3/c1-3-5-7-17(22)9-13-20(15-11-19-12-16-21)14-10-18(23)8-6-4-2/h19,21H,3-16H2,1-2H3. The van der Waals surface area contributed by atoms with Crippen LogP contribution in [-0.4, -0.2) is 60.9 Å². The number of aliphatic hydroxyl groups is 1. The van der Waals surface area contributed by atoms with Crippen molar-refractivity contribution in [3.63, 3.8) is 0 Å². The van der Waals surface area contributed by atoms with E-state index in [1.165, 1.54) is 0 Å². The van der Waals surface area contributed by atoms with E-state index in [1.54, 1.807) is 0 Å². The van der Waals surface area contributed by atoms with Crippen LogP contribution in [0.1, 0.15) is 65.2 Å². The molecule has 23 heavy (non-hydrogen) atoms. The van der Waals surface area contributed by atoms with E-state index in [0.29, 0.717) is 43.8 Å². The summed E-state index contributed by atoms with van der Waals surface area (Å²) in [5, 5.41) is 11.9. The quantitative estimate of drug-likeness (QED) is 0.401. The summed E-state index contributed by atoms with van der Waals surface area (Å²) in [6.07, 6.45) is 6.51. The van der Waals surface area contributed by atoms with E-state index in [1.807, 2.05) is 0 Å². The maximum atomic E-state index is 11.8. The normalized spacial score (nSPS) is 11.1. The van der Waals surface area contributed by atoms with Crippen molar-refractivity contribution in [1.29, 1.82) is 0 Å². The van der Waals surface area contributed by atoms with Crippen molar-refractivity contribution >= 4 is 11.6 Å². The van der Waals surface area contributed by atoms with Gasteiger partial charge in [-0.25, -0.2) is 0 Å². The van der Waals surface area contributed by atoms with Gasteiger partial charge in [0.05, 0.1) is 6.61 Å². The molecule has 0 saturated carbocycles. The first-order chi connectivity index (χ1) is 11.1. The zero-order chi connectivity index (χ0) is 17.3. The summed E-state index contributed by atoms with van der Waals surface area (Å²) in [6, 6.07) is 0. The number of aliphatic hydroxyl groups excluding tert-OH is 1. The van der Waals surface area contributed by atoms with Gasteiger partial charge in [-0.2, -0.15) is 0 Å². The molecule has 2 N–H and O–H groups in total. The number of unbranched alkanes of at least 4 members (excludes halogenated alkanes) is 2. The summed E-state index contributed by atoms with van der Waals surface area (Å²) >= 11 is 0. The highest BCUT2D eigenvalue weighted by atomic mass is 16.3. The number of Topliss-reactive ketones (excluding diaryl/α,β-unsaturated/α-hetero) is 2. The van der Waals surface area contributed by atoms with Gasteiger partial charge in [-0.3, -0.25) is 9.59 Å². The highest BCUT2D eigenvalue weighted by Gasteiger charge is 2.10. The molecule has 0 radical (unpaired) electrons. The number of carbonyl (C=O) groups is 2. The molecular weight excluding hydrogens is 292 g/mol. The lowest BCUT2D eigenvalue weighted by atomic mass is 10.1. The molecular formula is C18H36N2O3. The predicted octanol–water partition coefficient (Wildman–Crippen LogP) is 2.17. The van der Waals surface area contributed by atoms with Gasteiger partial charge in [0.25, 0.3) is 0 Å². The third kappa shape index (κ3) is 14.5. The van der Waals surface area contributed by atoms with E-state index in [-0.39, 0.29) is 6.61 Å². The number of nitrogens with zero attached hydrogens (tertiary/aromatic N) is 1. The van der Waals surface area contributed by atoms with Crippen molar-refractivity contribution in [2.24, 2.45) is 0 Å². The average molecular weight is 328 g/mol. The first-order valence-corrected chi connectivity index (χ1v) is 9.21. The van der Waals surface area contributed by atoms with Gasteiger partial charge in [0.15, 0.2) is 0 Å². The Labute approximate surface area is 141 Å². The molecule has 0 spiro atoms. The molecule has 136 valence electrons. The van der Waals surface area contributed by atoms with Crippen LogP contribution in [0.3, 0.4) is 0 Å². The Kier molecular flexibility index (Phi) is 15.5. The van der Waals surface area contributed by atoms with Crippen LogP contribution in [0.5, 0.6) is 0 Å². The van der Waals surface area contributed by atoms with Crippen LogP contribution in [0.15, 0.2) is 0 Å². The molecule has 0 unspecified atom stereocenters. The third-order valence-electron chi connectivity index (χ3n) is 3.93. The molecule has 0 amide bonds. The van der Waals surface area contributed by atoms with Crippen molar-refractivity contribution in [3.05, 3.63) is 0 Å². The lowest BCUT2D eigenvalue weighted by Crippen LogP contribution is -2.36. The number of nitrogens with one attached hydrogen (secondary N) is 1. The summed E-state index contributed by atoms with van der Waals surface area (Å²) < 4.78 is 0. The predicted molar refractivity (Wildman–Crippen MR) is 94.7 cm³/mol. The van der Waals surface area contributed by atoms with Gasteiger partial charge in [0.2, 0.25) is 0 Å². The Morgan fingerprint density at radius 2 is 1.35 bits per heavy atom. The fourth-order valence-electron chi connectivity index (χ4n) is 2.34. The largest absolute Gasteiger partial charge is 0.395 e. The van der Waals surface area contributed by atoms with E-state index >= 15 is 0 Å². The molecule has 0 bridgehead atoms. The zero-order valence-electron chi connectivity index (χ0n) is 15.1. The first-order valence-electron chi connectivity index (χ1n) is 9.21. The van der Waals surface area contributed by atoms with Gasteiger partial charge in [-0.05, 0) is 12.8 Å². The minimum Gasteiger partial charge on any atom is -0.395 e. The molecule has 0 aromatic carbocycles. The van der Waals surface area contributed by atoms with Gasteiger partial charge in [-0.1, -0.05) is 26.7 Å². The highest BCUT2D eigenvalue weighted by Crippen LogP contribution is 2.03. The molecule has 0 aliphatic heterocycles. The Morgan fingerprint density at radius 3 is 1.78 bits per heavy atom. The van der Waals surface area contributed by atoms with Crippen LogP contribution in [0.4, 0.5) is 0 Å². The van der Waals surface area contributed by atoms with E-state index in [0.717, 1.165) is 51.9 Å². The van der Waals surface area contributed by atoms with E-state index in [4.69, 9.17) is 5.11 Å². The smallest absolute Gasteiger partial charge is 0.134 e. The minimum atomic E-state index is 0.130. The van der Waals surface area contributed by atoms with E-state index in [2.05, 4.69) is 24.1 Å². The maximum absolute atomic E-state index is 11.8. The van der Waals surface area contributed by atoms with Crippen LogP contribution in [0.25, 0.3) is 0 Å². The Morgan fingerprint density at radius 1 is 0.826 bits per heavy atom. The van der Waals surface area contributed by atoms with Crippen LogP contribution in [0.2, 0.25) is 0 Å². The fraction of sp³-hybridized carbons (Fsp3) is 0.889. The first kappa shape index (κ1) is 22.2. The molecule has 0 heterocycles. The summed E-state index contributed by atoms with van der Waals surface area (Å²) in [6.45, 7) is 7.93. The molecule has 0 atom stereocenters. The number of hydrogen-bond acceptors (Lipinski definition) is 5. The molecule has 0 aliphatic rings. The van der Waals surface area contributed by atoms with Gasteiger partial charge in [0, 0.05) is 58.4 Å². The molecule has 0 saturated heterocycles.